The average molecular weight is 281 g/mol. The third kappa shape index (κ3) is 5.40. The van der Waals surface area contributed by atoms with E-state index in [-0.39, 0.29) is 0 Å². The van der Waals surface area contributed by atoms with E-state index in [0.29, 0.717) is 0 Å². The van der Waals surface area contributed by atoms with Crippen molar-refractivity contribution in [3.63, 3.8) is 0 Å². The molecule has 0 atom stereocenters. The Bertz CT molecular complexity index is 338. The Morgan fingerprint density at radius 3 is 2.44 bits per heavy atom. The summed E-state index contributed by atoms with van der Waals surface area (Å²) in [4.78, 5) is 2.21. The zero-order valence-corrected chi connectivity index (χ0v) is 13.0. The van der Waals surface area contributed by atoms with Gasteiger partial charge >= 0.3 is 0 Å². The summed E-state index contributed by atoms with van der Waals surface area (Å²) in [6, 6.07) is 10.4. The second-order valence-electron chi connectivity index (χ2n) is 4.25. The van der Waals surface area contributed by atoms with Crippen molar-refractivity contribution in [3.05, 3.63) is 30.3 Å². The van der Waals surface area contributed by atoms with Crippen molar-refractivity contribution in [1.82, 2.24) is 0 Å². The molecular weight excluding hydrogens is 258 g/mol. The minimum Gasteiger partial charge on any atom is -0.328 e. The molecule has 0 saturated heterocycles. The first-order valence-corrected chi connectivity index (χ1v) is 8.18. The molecule has 1 nitrogen and oxygen atoms in total. The van der Waals surface area contributed by atoms with Crippen LogP contribution in [-0.2, 0) is 0 Å². The molecule has 0 aliphatic carbocycles. The van der Waals surface area contributed by atoms with Gasteiger partial charge in [-0.2, -0.15) is 0 Å². The Morgan fingerprint density at radius 2 is 1.83 bits per heavy atom. The van der Waals surface area contributed by atoms with Crippen molar-refractivity contribution >= 4 is 34.0 Å². The Morgan fingerprint density at radius 1 is 1.11 bits per heavy atom. The van der Waals surface area contributed by atoms with E-state index in [2.05, 4.69) is 43.0 Å². The van der Waals surface area contributed by atoms with Crippen LogP contribution in [0.25, 0.3) is 0 Å². The molecule has 3 heteroatoms. The monoisotopic (exact) mass is 281 g/mol. The molecule has 100 valence electrons. The summed E-state index contributed by atoms with van der Waals surface area (Å²) in [5.41, 5.74) is 1.20. The van der Waals surface area contributed by atoms with Crippen LogP contribution in [0.5, 0.6) is 0 Å². The van der Waals surface area contributed by atoms with Crippen molar-refractivity contribution in [2.45, 2.75) is 39.5 Å². The lowest BCUT2D eigenvalue weighted by molar-refractivity contribution is 0.707. The summed E-state index contributed by atoms with van der Waals surface area (Å²) in [6.45, 7) is 5.33. The molecule has 1 aromatic rings. The van der Waals surface area contributed by atoms with Crippen molar-refractivity contribution in [2.75, 3.05) is 17.2 Å². The fourth-order valence-corrected chi connectivity index (χ4v) is 3.19. The summed E-state index contributed by atoms with van der Waals surface area (Å²) in [6.07, 6.45) is 5.22. The van der Waals surface area contributed by atoms with Crippen LogP contribution in [0, 0.1) is 0 Å². The fraction of sp³-hybridized carbons (Fsp3) is 0.533. The standard InChI is InChI=1S/C15H23NS2/c1-3-5-6-10-13-18-15(17)16(4-2)14-11-8-7-9-12-14/h7-9,11-12H,3-6,10,13H2,1-2H3. The molecule has 1 rings (SSSR count). The number of benzene rings is 1. The molecule has 1 aromatic carbocycles. The van der Waals surface area contributed by atoms with Gasteiger partial charge in [0.2, 0.25) is 0 Å². The number of anilines is 1. The van der Waals surface area contributed by atoms with E-state index >= 15 is 0 Å². The van der Waals surface area contributed by atoms with Gasteiger partial charge in [0, 0.05) is 18.0 Å². The number of hydrogen-bond acceptors (Lipinski definition) is 2. The minimum absolute atomic E-state index is 0.935. The van der Waals surface area contributed by atoms with Crippen molar-refractivity contribution < 1.29 is 0 Å². The number of thioether (sulfide) groups is 1. The summed E-state index contributed by atoms with van der Waals surface area (Å²) >= 11 is 7.34. The lowest BCUT2D eigenvalue weighted by atomic mass is 10.2. The highest BCUT2D eigenvalue weighted by atomic mass is 32.2. The van der Waals surface area contributed by atoms with Gasteiger partial charge in [0.05, 0.1) is 0 Å². The van der Waals surface area contributed by atoms with Gasteiger partial charge in [-0.3, -0.25) is 0 Å². The van der Waals surface area contributed by atoms with Crippen LogP contribution >= 0.6 is 24.0 Å². The third-order valence-electron chi connectivity index (χ3n) is 2.83. The Kier molecular flexibility index (Phi) is 8.10. The van der Waals surface area contributed by atoms with Crippen LogP contribution in [0.3, 0.4) is 0 Å². The van der Waals surface area contributed by atoms with Gasteiger partial charge in [-0.1, -0.05) is 68.4 Å². The molecule has 0 aromatic heterocycles. The first-order chi connectivity index (χ1) is 8.79. The molecule has 0 radical (unpaired) electrons. The van der Waals surface area contributed by atoms with Crippen LogP contribution in [0.2, 0.25) is 0 Å². The summed E-state index contributed by atoms with van der Waals surface area (Å²) in [5.74, 6) is 1.14. The minimum atomic E-state index is 0.935. The number of thiocarbonyl (C=S) groups is 1. The highest BCUT2D eigenvalue weighted by Gasteiger charge is 2.09. The van der Waals surface area contributed by atoms with Crippen molar-refractivity contribution in [1.29, 1.82) is 0 Å². The third-order valence-corrected chi connectivity index (χ3v) is 4.36. The first kappa shape index (κ1) is 15.5. The normalized spacial score (nSPS) is 10.3. The van der Waals surface area contributed by atoms with E-state index in [1.165, 1.54) is 31.4 Å². The zero-order chi connectivity index (χ0) is 13.2. The van der Waals surface area contributed by atoms with Gasteiger partial charge in [-0.25, -0.2) is 0 Å². The Balaban J connectivity index is 2.39. The molecule has 0 N–H and O–H groups in total. The zero-order valence-electron chi connectivity index (χ0n) is 11.4. The lowest BCUT2D eigenvalue weighted by Crippen LogP contribution is -2.26. The predicted molar refractivity (Wildman–Crippen MR) is 88.7 cm³/mol. The maximum atomic E-state index is 5.52. The molecule has 0 bridgehead atoms. The van der Waals surface area contributed by atoms with E-state index in [4.69, 9.17) is 12.2 Å². The second kappa shape index (κ2) is 9.40. The molecule has 0 spiro atoms. The van der Waals surface area contributed by atoms with Crippen LogP contribution in [0.1, 0.15) is 39.5 Å². The Hall–Kier alpha value is -0.540. The highest BCUT2D eigenvalue weighted by molar-refractivity contribution is 8.23. The number of para-hydroxylation sites is 1. The smallest absolute Gasteiger partial charge is 0.140 e. The quantitative estimate of drug-likeness (QED) is 0.505. The van der Waals surface area contributed by atoms with E-state index in [9.17, 15) is 0 Å². The van der Waals surface area contributed by atoms with Crippen molar-refractivity contribution in [2.24, 2.45) is 0 Å². The van der Waals surface area contributed by atoms with Gasteiger partial charge in [0.15, 0.2) is 0 Å². The molecule has 0 unspecified atom stereocenters. The van der Waals surface area contributed by atoms with Gasteiger partial charge in [-0.05, 0) is 25.5 Å². The maximum absolute atomic E-state index is 5.52. The maximum Gasteiger partial charge on any atom is 0.140 e. The molecule has 0 aliphatic rings. The van der Waals surface area contributed by atoms with Gasteiger partial charge in [0.1, 0.15) is 4.32 Å². The summed E-state index contributed by atoms with van der Waals surface area (Å²) in [5, 5.41) is 0. The van der Waals surface area contributed by atoms with Crippen molar-refractivity contribution in [3.8, 4) is 0 Å². The van der Waals surface area contributed by atoms with E-state index in [1.54, 1.807) is 0 Å². The Labute approximate surface area is 121 Å². The molecule has 0 fully saturated rings. The van der Waals surface area contributed by atoms with Gasteiger partial charge in [-0.15, -0.1) is 0 Å². The summed E-state index contributed by atoms with van der Waals surface area (Å²) < 4.78 is 1.00. The predicted octanol–water partition coefficient (Wildman–Crippen LogP) is 5.11. The number of nitrogens with zero attached hydrogens (tertiary/aromatic N) is 1. The van der Waals surface area contributed by atoms with Crippen LogP contribution in [0.4, 0.5) is 5.69 Å². The average Bonchev–Trinajstić information content (AvgIpc) is 2.40. The lowest BCUT2D eigenvalue weighted by Gasteiger charge is -2.23. The highest BCUT2D eigenvalue weighted by Crippen LogP contribution is 2.20. The first-order valence-electron chi connectivity index (χ1n) is 6.79. The number of unbranched alkanes of at least 4 members (excludes halogenated alkanes) is 3. The molecular formula is C15H23NS2. The molecule has 0 aliphatic heterocycles. The van der Waals surface area contributed by atoms with Crippen LogP contribution in [-0.4, -0.2) is 16.6 Å². The number of hydrogen-bond donors (Lipinski definition) is 0. The molecule has 0 heterocycles. The summed E-state index contributed by atoms with van der Waals surface area (Å²) in [7, 11) is 0. The second-order valence-corrected chi connectivity index (χ2v) is 5.98. The molecule has 18 heavy (non-hydrogen) atoms. The fourth-order valence-electron chi connectivity index (χ4n) is 1.79. The SMILES string of the molecule is CCCCCCSC(=S)N(CC)c1ccccc1. The van der Waals surface area contributed by atoms with Crippen LogP contribution < -0.4 is 4.90 Å². The van der Waals surface area contributed by atoms with Crippen LogP contribution in [0.15, 0.2) is 30.3 Å². The molecule has 0 saturated carbocycles. The van der Waals surface area contributed by atoms with E-state index < -0.39 is 0 Å². The molecule has 0 amide bonds. The topological polar surface area (TPSA) is 3.24 Å². The number of rotatable bonds is 7. The van der Waals surface area contributed by atoms with E-state index in [0.717, 1.165) is 16.6 Å². The van der Waals surface area contributed by atoms with Gasteiger partial charge < -0.3 is 4.90 Å². The largest absolute Gasteiger partial charge is 0.328 e. The van der Waals surface area contributed by atoms with E-state index in [1.807, 2.05) is 17.8 Å². The van der Waals surface area contributed by atoms with Gasteiger partial charge in [0.25, 0.3) is 0 Å².